The van der Waals surface area contributed by atoms with Crippen LogP contribution in [0.5, 0.6) is 0 Å². The molecule has 3 N–H and O–H groups in total. The number of carbonyl (C=O) groups is 2. The summed E-state index contributed by atoms with van der Waals surface area (Å²) in [7, 11) is 0. The minimum atomic E-state index is -2.60. The maximum atomic E-state index is 12.1. The van der Waals surface area contributed by atoms with E-state index >= 15 is 0 Å². The summed E-state index contributed by atoms with van der Waals surface area (Å²) in [5.41, 5.74) is 0. The minimum Gasteiger partial charge on any atom is -0.466 e. The SMILES string of the molecule is CCOC(=O)[C@@H]1[C@H]2O[C@H](CO)[C@@H](O)[C@H]2O[C@@]1(O)C(=O)OCC. The highest BCUT2D eigenvalue weighted by molar-refractivity contribution is 5.87. The molecule has 126 valence electrons. The third-order valence-corrected chi connectivity index (χ3v) is 3.73. The second-order valence-electron chi connectivity index (χ2n) is 5.04. The predicted molar refractivity (Wildman–Crippen MR) is 68.3 cm³/mol. The zero-order chi connectivity index (χ0) is 16.5. The van der Waals surface area contributed by atoms with Crippen LogP contribution in [0.15, 0.2) is 0 Å². The summed E-state index contributed by atoms with van der Waals surface area (Å²) in [4.78, 5) is 24.1. The van der Waals surface area contributed by atoms with Gasteiger partial charge in [-0.2, -0.15) is 0 Å². The first-order chi connectivity index (χ1) is 10.4. The van der Waals surface area contributed by atoms with Crippen LogP contribution >= 0.6 is 0 Å². The molecule has 9 nitrogen and oxygen atoms in total. The van der Waals surface area contributed by atoms with Crippen LogP contribution in [0.1, 0.15) is 13.8 Å². The van der Waals surface area contributed by atoms with E-state index < -0.39 is 54.7 Å². The molecule has 2 rings (SSSR count). The topological polar surface area (TPSA) is 132 Å². The van der Waals surface area contributed by atoms with Gasteiger partial charge < -0.3 is 34.3 Å². The Morgan fingerprint density at radius 1 is 1.18 bits per heavy atom. The van der Waals surface area contributed by atoms with Crippen molar-refractivity contribution in [3.05, 3.63) is 0 Å². The maximum Gasteiger partial charge on any atom is 0.367 e. The molecule has 0 bridgehead atoms. The highest BCUT2D eigenvalue weighted by atomic mass is 16.7. The summed E-state index contributed by atoms with van der Waals surface area (Å²) < 4.78 is 20.1. The van der Waals surface area contributed by atoms with Crippen LogP contribution in [-0.4, -0.2) is 77.3 Å². The van der Waals surface area contributed by atoms with Crippen LogP contribution in [0.4, 0.5) is 0 Å². The van der Waals surface area contributed by atoms with Crippen LogP contribution in [-0.2, 0) is 28.5 Å². The summed E-state index contributed by atoms with van der Waals surface area (Å²) in [6.07, 6.45) is -4.55. The number of aliphatic hydroxyl groups is 3. The Bertz CT molecular complexity index is 439. The number of hydrogen-bond acceptors (Lipinski definition) is 9. The number of hydrogen-bond donors (Lipinski definition) is 3. The lowest BCUT2D eigenvalue weighted by atomic mass is 9.93. The summed E-state index contributed by atoms with van der Waals surface area (Å²) >= 11 is 0. The van der Waals surface area contributed by atoms with E-state index in [0.717, 1.165) is 0 Å². The zero-order valence-corrected chi connectivity index (χ0v) is 12.3. The molecule has 0 spiro atoms. The van der Waals surface area contributed by atoms with Crippen LogP contribution in [0.25, 0.3) is 0 Å². The van der Waals surface area contributed by atoms with Gasteiger partial charge in [0.25, 0.3) is 5.79 Å². The molecule has 2 aliphatic rings. The Labute approximate surface area is 126 Å². The molecule has 6 atom stereocenters. The fourth-order valence-corrected chi connectivity index (χ4v) is 2.76. The summed E-state index contributed by atoms with van der Waals surface area (Å²) in [5.74, 6) is -6.17. The van der Waals surface area contributed by atoms with Crippen molar-refractivity contribution in [2.75, 3.05) is 19.8 Å². The lowest BCUT2D eigenvalue weighted by Gasteiger charge is -2.28. The van der Waals surface area contributed by atoms with Gasteiger partial charge in [0, 0.05) is 0 Å². The van der Waals surface area contributed by atoms with E-state index in [1.165, 1.54) is 6.92 Å². The first-order valence-electron chi connectivity index (χ1n) is 7.09. The Kier molecular flexibility index (Phi) is 5.03. The summed E-state index contributed by atoms with van der Waals surface area (Å²) in [6.45, 7) is 2.60. The Morgan fingerprint density at radius 2 is 1.82 bits per heavy atom. The van der Waals surface area contributed by atoms with Crippen LogP contribution < -0.4 is 0 Å². The van der Waals surface area contributed by atoms with Gasteiger partial charge in [0.2, 0.25) is 0 Å². The highest BCUT2D eigenvalue weighted by Crippen LogP contribution is 2.44. The summed E-state index contributed by atoms with van der Waals surface area (Å²) in [6, 6.07) is 0. The Balaban J connectivity index is 2.32. The number of ether oxygens (including phenoxy) is 4. The number of carbonyl (C=O) groups excluding carboxylic acids is 2. The molecule has 0 aromatic carbocycles. The molecule has 0 amide bonds. The van der Waals surface area contributed by atoms with Crippen molar-refractivity contribution in [1.29, 1.82) is 0 Å². The van der Waals surface area contributed by atoms with Gasteiger partial charge in [-0.3, -0.25) is 4.79 Å². The fraction of sp³-hybridized carbons (Fsp3) is 0.846. The molecule has 0 aromatic heterocycles. The third kappa shape index (κ3) is 2.59. The maximum absolute atomic E-state index is 12.1. The third-order valence-electron chi connectivity index (χ3n) is 3.73. The van der Waals surface area contributed by atoms with Crippen molar-refractivity contribution in [2.45, 2.75) is 44.1 Å². The van der Waals surface area contributed by atoms with Crippen LogP contribution in [0, 0.1) is 5.92 Å². The number of esters is 2. The van der Waals surface area contributed by atoms with E-state index in [1.54, 1.807) is 6.92 Å². The van der Waals surface area contributed by atoms with Crippen molar-refractivity contribution >= 4 is 11.9 Å². The number of fused-ring (bicyclic) bond motifs is 1. The second-order valence-corrected chi connectivity index (χ2v) is 5.04. The van der Waals surface area contributed by atoms with Crippen LogP contribution in [0.2, 0.25) is 0 Å². The highest BCUT2D eigenvalue weighted by Gasteiger charge is 2.69. The molecular formula is C13H20O9. The second kappa shape index (κ2) is 6.47. The van der Waals surface area contributed by atoms with Gasteiger partial charge in [-0.1, -0.05) is 0 Å². The molecule has 9 heteroatoms. The lowest BCUT2D eigenvalue weighted by Crippen LogP contribution is -2.52. The van der Waals surface area contributed by atoms with Crippen molar-refractivity contribution < 1.29 is 43.9 Å². The predicted octanol–water partition coefficient (Wildman–Crippen LogP) is -2.06. The van der Waals surface area contributed by atoms with Crippen LogP contribution in [0.3, 0.4) is 0 Å². The van der Waals surface area contributed by atoms with E-state index in [-0.39, 0.29) is 13.2 Å². The standard InChI is InChI=1S/C13H20O9/c1-3-19-11(16)7-9-10(8(15)6(5-14)21-9)22-13(7,18)12(17)20-4-2/h6-10,14-15,18H,3-5H2,1-2H3/t6-,7+,8-,9-,10-,13-/m1/s1. The molecule has 2 saturated heterocycles. The molecule has 0 radical (unpaired) electrons. The molecule has 22 heavy (non-hydrogen) atoms. The molecule has 0 saturated carbocycles. The lowest BCUT2D eigenvalue weighted by molar-refractivity contribution is -0.245. The van der Waals surface area contributed by atoms with Crippen molar-refractivity contribution in [3.8, 4) is 0 Å². The van der Waals surface area contributed by atoms with Crippen molar-refractivity contribution in [3.63, 3.8) is 0 Å². The fourth-order valence-electron chi connectivity index (χ4n) is 2.76. The molecule has 2 fully saturated rings. The molecule has 0 aromatic rings. The van der Waals surface area contributed by atoms with E-state index in [4.69, 9.17) is 24.1 Å². The summed E-state index contributed by atoms with van der Waals surface area (Å²) in [5, 5.41) is 29.6. The first-order valence-corrected chi connectivity index (χ1v) is 7.09. The zero-order valence-electron chi connectivity index (χ0n) is 12.3. The molecular weight excluding hydrogens is 300 g/mol. The van der Waals surface area contributed by atoms with Gasteiger partial charge in [-0.05, 0) is 13.8 Å². The van der Waals surface area contributed by atoms with Crippen molar-refractivity contribution in [1.82, 2.24) is 0 Å². The molecule has 0 unspecified atom stereocenters. The van der Waals surface area contributed by atoms with E-state index in [2.05, 4.69) is 0 Å². The van der Waals surface area contributed by atoms with Gasteiger partial charge in [-0.15, -0.1) is 0 Å². The van der Waals surface area contributed by atoms with Gasteiger partial charge >= 0.3 is 11.9 Å². The average molecular weight is 320 g/mol. The average Bonchev–Trinajstić information content (AvgIpc) is 2.93. The van der Waals surface area contributed by atoms with E-state index in [1.807, 2.05) is 0 Å². The van der Waals surface area contributed by atoms with E-state index in [9.17, 15) is 19.8 Å². The van der Waals surface area contributed by atoms with Crippen molar-refractivity contribution in [2.24, 2.45) is 5.92 Å². The number of aliphatic hydroxyl groups excluding tert-OH is 2. The largest absolute Gasteiger partial charge is 0.466 e. The first kappa shape index (κ1) is 17.1. The molecule has 0 aliphatic carbocycles. The van der Waals surface area contributed by atoms with E-state index in [0.29, 0.717) is 0 Å². The Hall–Kier alpha value is -1.26. The van der Waals surface area contributed by atoms with Gasteiger partial charge in [0.05, 0.1) is 19.8 Å². The smallest absolute Gasteiger partial charge is 0.367 e. The molecule has 2 heterocycles. The van der Waals surface area contributed by atoms with Gasteiger partial charge in [0.1, 0.15) is 24.4 Å². The number of rotatable bonds is 5. The monoisotopic (exact) mass is 320 g/mol. The quantitative estimate of drug-likeness (QED) is 0.489. The van der Waals surface area contributed by atoms with Gasteiger partial charge in [0.15, 0.2) is 5.92 Å². The molecule has 2 aliphatic heterocycles. The van der Waals surface area contributed by atoms with Gasteiger partial charge in [-0.25, -0.2) is 4.79 Å². The normalized spacial score (nSPS) is 40.3. The minimum absolute atomic E-state index is 0.0254. The Morgan fingerprint density at radius 3 is 2.36 bits per heavy atom.